The van der Waals surface area contributed by atoms with Gasteiger partial charge in [-0.1, -0.05) is 19.3 Å². The van der Waals surface area contributed by atoms with E-state index in [2.05, 4.69) is 0 Å². The molecule has 2 nitrogen and oxygen atoms in total. The van der Waals surface area contributed by atoms with Crippen LogP contribution in [0.3, 0.4) is 0 Å². The van der Waals surface area contributed by atoms with Gasteiger partial charge in [0.15, 0.2) is 0 Å². The second kappa shape index (κ2) is 5.74. The van der Waals surface area contributed by atoms with Crippen LogP contribution in [0.1, 0.15) is 43.2 Å². The second-order valence-electron chi connectivity index (χ2n) is 5.24. The van der Waals surface area contributed by atoms with E-state index >= 15 is 0 Å². The van der Waals surface area contributed by atoms with Crippen LogP contribution in [-0.4, -0.2) is 13.1 Å². The van der Waals surface area contributed by atoms with Gasteiger partial charge in [0.1, 0.15) is 0 Å². The fraction of sp³-hybridized carbons (Fsp3) is 0.533. The minimum Gasteiger partial charge on any atom is -0.372 e. The molecular formula is C15H17F3N2. The van der Waals surface area contributed by atoms with Gasteiger partial charge in [0, 0.05) is 18.8 Å². The van der Waals surface area contributed by atoms with Crippen molar-refractivity contribution in [1.82, 2.24) is 0 Å². The van der Waals surface area contributed by atoms with Gasteiger partial charge in [-0.25, -0.2) is 0 Å². The van der Waals surface area contributed by atoms with Crippen LogP contribution < -0.4 is 4.90 Å². The molecule has 1 aliphatic rings. The predicted molar refractivity (Wildman–Crippen MR) is 71.4 cm³/mol. The summed E-state index contributed by atoms with van der Waals surface area (Å²) in [5, 5.41) is 8.93. The highest BCUT2D eigenvalue weighted by atomic mass is 19.4. The van der Waals surface area contributed by atoms with Crippen molar-refractivity contribution in [2.45, 2.75) is 44.3 Å². The number of nitrogens with zero attached hydrogens (tertiary/aromatic N) is 2. The van der Waals surface area contributed by atoms with Crippen LogP contribution in [0.4, 0.5) is 18.9 Å². The summed E-state index contributed by atoms with van der Waals surface area (Å²) in [5.74, 6) is 0. The molecule has 2 rings (SSSR count). The summed E-state index contributed by atoms with van der Waals surface area (Å²) in [6, 6.07) is 5.82. The second-order valence-corrected chi connectivity index (χ2v) is 5.24. The minimum absolute atomic E-state index is 0.308. The van der Waals surface area contributed by atoms with E-state index in [4.69, 9.17) is 5.26 Å². The van der Waals surface area contributed by atoms with Crippen LogP contribution in [0.5, 0.6) is 0 Å². The largest absolute Gasteiger partial charge is 0.417 e. The van der Waals surface area contributed by atoms with Gasteiger partial charge in [-0.2, -0.15) is 18.4 Å². The molecule has 108 valence electrons. The molecule has 5 heteroatoms. The summed E-state index contributed by atoms with van der Waals surface area (Å²) in [6.45, 7) is 0. The van der Waals surface area contributed by atoms with Crippen molar-refractivity contribution in [2.24, 2.45) is 0 Å². The highest BCUT2D eigenvalue weighted by Crippen LogP contribution is 2.34. The molecule has 0 radical (unpaired) electrons. The number of hydrogen-bond donors (Lipinski definition) is 0. The molecule has 20 heavy (non-hydrogen) atoms. The Kier molecular flexibility index (Phi) is 4.22. The highest BCUT2D eigenvalue weighted by molar-refractivity contribution is 5.55. The molecule has 1 aliphatic carbocycles. The molecule has 0 unspecified atom stereocenters. The minimum atomic E-state index is -4.48. The van der Waals surface area contributed by atoms with Crippen molar-refractivity contribution in [3.63, 3.8) is 0 Å². The maximum atomic E-state index is 12.8. The first-order valence-electron chi connectivity index (χ1n) is 6.77. The van der Waals surface area contributed by atoms with Crippen molar-refractivity contribution in [1.29, 1.82) is 5.26 Å². The van der Waals surface area contributed by atoms with E-state index in [-0.39, 0.29) is 5.56 Å². The molecule has 0 saturated heterocycles. The third-order valence-corrected chi connectivity index (χ3v) is 3.96. The lowest BCUT2D eigenvalue weighted by atomic mass is 9.94. The first-order valence-corrected chi connectivity index (χ1v) is 6.77. The van der Waals surface area contributed by atoms with Gasteiger partial charge >= 0.3 is 6.18 Å². The quantitative estimate of drug-likeness (QED) is 0.806. The molecule has 0 spiro atoms. The monoisotopic (exact) mass is 282 g/mol. The Bertz CT molecular complexity index is 511. The number of benzene rings is 1. The number of rotatable bonds is 2. The molecule has 1 saturated carbocycles. The zero-order valence-corrected chi connectivity index (χ0v) is 11.4. The standard InChI is InChI=1S/C15H17F3N2/c1-20(12-5-3-2-4-6-12)13-7-8-14(15(16,17)18)11(9-13)10-19/h7-9,12H,2-6H2,1H3. The Balaban J connectivity index is 2.27. The summed E-state index contributed by atoms with van der Waals surface area (Å²) in [4.78, 5) is 2.00. The van der Waals surface area contributed by atoms with Crippen molar-refractivity contribution < 1.29 is 13.2 Å². The molecule has 1 aromatic rings. The van der Waals surface area contributed by atoms with Gasteiger partial charge in [0.2, 0.25) is 0 Å². The van der Waals surface area contributed by atoms with Crippen LogP contribution in [0.15, 0.2) is 18.2 Å². The smallest absolute Gasteiger partial charge is 0.372 e. The van der Waals surface area contributed by atoms with Crippen molar-refractivity contribution >= 4 is 5.69 Å². The third kappa shape index (κ3) is 3.06. The van der Waals surface area contributed by atoms with Crippen LogP contribution in [0.25, 0.3) is 0 Å². The third-order valence-electron chi connectivity index (χ3n) is 3.96. The van der Waals surface area contributed by atoms with E-state index in [0.29, 0.717) is 11.7 Å². The van der Waals surface area contributed by atoms with Gasteiger partial charge in [-0.3, -0.25) is 0 Å². The molecule has 0 N–H and O–H groups in total. The Labute approximate surface area is 116 Å². The summed E-state index contributed by atoms with van der Waals surface area (Å²) < 4.78 is 38.3. The highest BCUT2D eigenvalue weighted by Gasteiger charge is 2.34. The lowest BCUT2D eigenvalue weighted by molar-refractivity contribution is -0.137. The van der Waals surface area contributed by atoms with Gasteiger partial charge in [-0.15, -0.1) is 0 Å². The number of anilines is 1. The van der Waals surface area contributed by atoms with E-state index in [9.17, 15) is 13.2 Å². The fourth-order valence-electron chi connectivity index (χ4n) is 2.77. The Morgan fingerprint density at radius 3 is 2.40 bits per heavy atom. The molecule has 0 amide bonds. The molecule has 1 fully saturated rings. The van der Waals surface area contributed by atoms with E-state index < -0.39 is 11.7 Å². The predicted octanol–water partition coefficient (Wildman–Crippen LogP) is 4.35. The molecular weight excluding hydrogens is 265 g/mol. The molecule has 0 atom stereocenters. The molecule has 0 bridgehead atoms. The summed E-state index contributed by atoms with van der Waals surface area (Å²) >= 11 is 0. The zero-order valence-electron chi connectivity index (χ0n) is 11.4. The zero-order chi connectivity index (χ0) is 14.8. The van der Waals surface area contributed by atoms with E-state index in [1.807, 2.05) is 11.9 Å². The Morgan fingerprint density at radius 2 is 1.85 bits per heavy atom. The lowest BCUT2D eigenvalue weighted by Gasteiger charge is -2.33. The molecule has 0 aliphatic heterocycles. The normalized spacial score (nSPS) is 16.8. The van der Waals surface area contributed by atoms with E-state index in [1.165, 1.54) is 18.6 Å². The maximum Gasteiger partial charge on any atom is 0.417 e. The van der Waals surface area contributed by atoms with Crippen LogP contribution in [0, 0.1) is 11.3 Å². The maximum absolute atomic E-state index is 12.8. The molecule has 0 aromatic heterocycles. The van der Waals surface area contributed by atoms with E-state index in [0.717, 1.165) is 31.7 Å². The number of alkyl halides is 3. The average Bonchev–Trinajstić information content (AvgIpc) is 2.45. The van der Waals surface area contributed by atoms with Gasteiger partial charge in [0.05, 0.1) is 17.2 Å². The first-order chi connectivity index (χ1) is 9.43. The van der Waals surface area contributed by atoms with Crippen LogP contribution >= 0.6 is 0 Å². The SMILES string of the molecule is CN(c1ccc(C(F)(F)F)c(C#N)c1)C1CCCCC1. The number of hydrogen-bond acceptors (Lipinski definition) is 2. The Morgan fingerprint density at radius 1 is 1.20 bits per heavy atom. The topological polar surface area (TPSA) is 27.0 Å². The van der Waals surface area contributed by atoms with Gasteiger partial charge in [-0.05, 0) is 31.0 Å². The number of halogens is 3. The summed E-state index contributed by atoms with van der Waals surface area (Å²) in [6.07, 6.45) is 1.16. The van der Waals surface area contributed by atoms with Gasteiger partial charge in [0.25, 0.3) is 0 Å². The van der Waals surface area contributed by atoms with Crippen LogP contribution in [0.2, 0.25) is 0 Å². The first kappa shape index (κ1) is 14.7. The van der Waals surface area contributed by atoms with Gasteiger partial charge < -0.3 is 4.90 Å². The van der Waals surface area contributed by atoms with Crippen molar-refractivity contribution in [3.8, 4) is 6.07 Å². The van der Waals surface area contributed by atoms with Crippen molar-refractivity contribution in [2.75, 3.05) is 11.9 Å². The lowest BCUT2D eigenvalue weighted by Crippen LogP contribution is -2.33. The molecule has 1 aromatic carbocycles. The summed E-state index contributed by atoms with van der Waals surface area (Å²) in [5.41, 5.74) is -0.486. The Hall–Kier alpha value is -1.70. The number of nitriles is 1. The van der Waals surface area contributed by atoms with Crippen molar-refractivity contribution in [3.05, 3.63) is 29.3 Å². The molecule has 0 heterocycles. The van der Waals surface area contributed by atoms with E-state index in [1.54, 1.807) is 6.07 Å². The van der Waals surface area contributed by atoms with Crippen LogP contribution in [-0.2, 0) is 6.18 Å². The summed E-state index contributed by atoms with van der Waals surface area (Å²) in [7, 11) is 1.89. The average molecular weight is 282 g/mol. The fourth-order valence-corrected chi connectivity index (χ4v) is 2.77.